The van der Waals surface area contributed by atoms with E-state index in [9.17, 15) is 4.79 Å². The molecule has 0 radical (unpaired) electrons. The molecule has 0 aromatic carbocycles. The molecule has 0 aliphatic carbocycles. The van der Waals surface area contributed by atoms with Gasteiger partial charge in [-0.3, -0.25) is 9.89 Å². The molecule has 1 atom stereocenters. The number of nitrogens with zero attached hydrogens (tertiary/aromatic N) is 6. The van der Waals surface area contributed by atoms with Crippen LogP contribution in [-0.2, 0) is 0 Å². The van der Waals surface area contributed by atoms with Crippen LogP contribution in [0, 0.1) is 13.8 Å². The summed E-state index contributed by atoms with van der Waals surface area (Å²) in [5.74, 6) is 1.38. The molecule has 124 valence electrons. The van der Waals surface area contributed by atoms with Crippen molar-refractivity contribution in [1.82, 2.24) is 34.7 Å². The molecule has 1 amide bonds. The Morgan fingerprint density at radius 3 is 2.96 bits per heavy atom. The molecule has 1 aliphatic heterocycles. The standard InChI is InChI=1S/C16H19N7O/c1-10-6-8-23-15(18-10)12(9-17-23)16(24)22-7-4-3-5-13(22)14-19-11(2)20-21-14/h6,8-9,13H,3-5,7H2,1-2H3,(H,19,20,21)/t13-/m1/s1. The summed E-state index contributed by atoms with van der Waals surface area (Å²) in [6.07, 6.45) is 6.33. The number of hydrogen-bond donors (Lipinski definition) is 1. The number of aromatic nitrogens is 6. The van der Waals surface area contributed by atoms with E-state index >= 15 is 0 Å². The van der Waals surface area contributed by atoms with Gasteiger partial charge in [0.25, 0.3) is 5.91 Å². The van der Waals surface area contributed by atoms with Gasteiger partial charge in [0.1, 0.15) is 11.4 Å². The summed E-state index contributed by atoms with van der Waals surface area (Å²) in [5, 5.41) is 11.4. The van der Waals surface area contributed by atoms with Gasteiger partial charge in [-0.05, 0) is 39.2 Å². The van der Waals surface area contributed by atoms with Crippen molar-refractivity contribution in [2.24, 2.45) is 0 Å². The first-order valence-corrected chi connectivity index (χ1v) is 8.14. The van der Waals surface area contributed by atoms with Gasteiger partial charge in [0, 0.05) is 18.4 Å². The molecule has 3 aromatic heterocycles. The molecule has 24 heavy (non-hydrogen) atoms. The van der Waals surface area contributed by atoms with Crippen molar-refractivity contribution < 1.29 is 4.79 Å². The van der Waals surface area contributed by atoms with Gasteiger partial charge in [0.2, 0.25) is 0 Å². The number of H-pyrrole nitrogens is 1. The van der Waals surface area contributed by atoms with Gasteiger partial charge in [-0.1, -0.05) is 0 Å². The molecule has 0 spiro atoms. The fourth-order valence-electron chi connectivity index (χ4n) is 3.22. The number of fused-ring (bicyclic) bond motifs is 1. The van der Waals surface area contributed by atoms with Crippen LogP contribution in [0.1, 0.15) is 53.0 Å². The van der Waals surface area contributed by atoms with E-state index in [-0.39, 0.29) is 11.9 Å². The number of piperidine rings is 1. The van der Waals surface area contributed by atoms with E-state index in [1.165, 1.54) is 0 Å². The zero-order valence-electron chi connectivity index (χ0n) is 13.7. The van der Waals surface area contributed by atoms with Crippen LogP contribution < -0.4 is 0 Å². The summed E-state index contributed by atoms with van der Waals surface area (Å²) in [4.78, 5) is 23.9. The molecule has 4 heterocycles. The Bertz CT molecular complexity index is 897. The van der Waals surface area contributed by atoms with Crippen LogP contribution in [-0.4, -0.2) is 47.1 Å². The zero-order valence-corrected chi connectivity index (χ0v) is 13.7. The summed E-state index contributed by atoms with van der Waals surface area (Å²) in [6.45, 7) is 4.46. The van der Waals surface area contributed by atoms with Crippen LogP contribution in [0.4, 0.5) is 0 Å². The Hall–Kier alpha value is -2.77. The zero-order chi connectivity index (χ0) is 16.7. The predicted octanol–water partition coefficient (Wildman–Crippen LogP) is 1.83. The summed E-state index contributed by atoms with van der Waals surface area (Å²) in [5.41, 5.74) is 1.98. The third kappa shape index (κ3) is 2.44. The third-order valence-electron chi connectivity index (χ3n) is 4.41. The van der Waals surface area contributed by atoms with Crippen molar-refractivity contribution >= 4 is 11.6 Å². The molecule has 1 saturated heterocycles. The molecule has 1 aliphatic rings. The summed E-state index contributed by atoms with van der Waals surface area (Å²) in [6, 6.07) is 1.77. The molecule has 3 aromatic rings. The van der Waals surface area contributed by atoms with Crippen LogP contribution in [0.2, 0.25) is 0 Å². The Morgan fingerprint density at radius 2 is 2.17 bits per heavy atom. The number of aryl methyl sites for hydroxylation is 2. The monoisotopic (exact) mass is 325 g/mol. The first-order chi connectivity index (χ1) is 11.6. The number of carbonyl (C=O) groups excluding carboxylic acids is 1. The second kappa shape index (κ2) is 5.70. The van der Waals surface area contributed by atoms with Gasteiger partial charge in [-0.25, -0.2) is 14.5 Å². The maximum atomic E-state index is 13.1. The van der Waals surface area contributed by atoms with Crippen LogP contribution >= 0.6 is 0 Å². The van der Waals surface area contributed by atoms with Crippen molar-refractivity contribution in [2.45, 2.75) is 39.2 Å². The first kappa shape index (κ1) is 14.8. The molecule has 0 saturated carbocycles. The molecule has 0 bridgehead atoms. The van der Waals surface area contributed by atoms with E-state index in [4.69, 9.17) is 0 Å². The number of rotatable bonds is 2. The average molecular weight is 325 g/mol. The molecule has 8 heteroatoms. The minimum absolute atomic E-state index is 0.0600. The number of aromatic amines is 1. The smallest absolute Gasteiger partial charge is 0.259 e. The fraction of sp³-hybridized carbons (Fsp3) is 0.438. The minimum atomic E-state index is -0.101. The fourth-order valence-corrected chi connectivity index (χ4v) is 3.22. The summed E-state index contributed by atoms with van der Waals surface area (Å²) >= 11 is 0. The lowest BCUT2D eigenvalue weighted by molar-refractivity contribution is 0.0602. The van der Waals surface area contributed by atoms with Crippen molar-refractivity contribution in [3.63, 3.8) is 0 Å². The van der Waals surface area contributed by atoms with E-state index in [2.05, 4.69) is 25.3 Å². The van der Waals surface area contributed by atoms with E-state index in [1.54, 1.807) is 10.7 Å². The van der Waals surface area contributed by atoms with Crippen LogP contribution in [0.5, 0.6) is 0 Å². The van der Waals surface area contributed by atoms with E-state index < -0.39 is 0 Å². The highest BCUT2D eigenvalue weighted by atomic mass is 16.2. The summed E-state index contributed by atoms with van der Waals surface area (Å²) < 4.78 is 1.64. The maximum Gasteiger partial charge on any atom is 0.259 e. The topological polar surface area (TPSA) is 92.1 Å². The molecular weight excluding hydrogens is 306 g/mol. The van der Waals surface area contributed by atoms with Crippen molar-refractivity contribution in [3.8, 4) is 0 Å². The average Bonchev–Trinajstić information content (AvgIpc) is 3.20. The highest BCUT2D eigenvalue weighted by molar-refractivity contribution is 5.99. The largest absolute Gasteiger partial charge is 0.328 e. The number of hydrogen-bond acceptors (Lipinski definition) is 5. The Morgan fingerprint density at radius 1 is 1.29 bits per heavy atom. The second-order valence-electron chi connectivity index (χ2n) is 6.18. The van der Waals surface area contributed by atoms with E-state index in [0.717, 1.165) is 30.8 Å². The SMILES string of the molecule is Cc1ccn2ncc(C(=O)N3CCCC[C@@H]3c3n[nH]c(C)n3)c2n1. The lowest BCUT2D eigenvalue weighted by atomic mass is 10.0. The second-order valence-corrected chi connectivity index (χ2v) is 6.18. The number of nitrogens with one attached hydrogen (secondary N) is 1. The predicted molar refractivity (Wildman–Crippen MR) is 86.5 cm³/mol. The van der Waals surface area contributed by atoms with Crippen LogP contribution in [0.25, 0.3) is 5.65 Å². The van der Waals surface area contributed by atoms with Gasteiger partial charge in [-0.2, -0.15) is 10.2 Å². The number of amides is 1. The van der Waals surface area contributed by atoms with E-state index in [1.807, 2.05) is 31.0 Å². The Balaban J connectivity index is 1.71. The van der Waals surface area contributed by atoms with Gasteiger partial charge < -0.3 is 4.90 Å². The van der Waals surface area contributed by atoms with Crippen LogP contribution in [0.3, 0.4) is 0 Å². The van der Waals surface area contributed by atoms with Gasteiger partial charge >= 0.3 is 0 Å². The van der Waals surface area contributed by atoms with Crippen molar-refractivity contribution in [2.75, 3.05) is 6.54 Å². The van der Waals surface area contributed by atoms with Gasteiger partial charge in [-0.15, -0.1) is 0 Å². The number of likely N-dealkylation sites (tertiary alicyclic amines) is 1. The lowest BCUT2D eigenvalue weighted by Crippen LogP contribution is -2.39. The van der Waals surface area contributed by atoms with Crippen molar-refractivity contribution in [1.29, 1.82) is 0 Å². The molecule has 1 fully saturated rings. The minimum Gasteiger partial charge on any atom is -0.328 e. The summed E-state index contributed by atoms with van der Waals surface area (Å²) in [7, 11) is 0. The Kier molecular flexibility index (Phi) is 3.51. The van der Waals surface area contributed by atoms with Gasteiger partial charge in [0.15, 0.2) is 11.5 Å². The van der Waals surface area contributed by atoms with Crippen LogP contribution in [0.15, 0.2) is 18.5 Å². The third-order valence-corrected chi connectivity index (χ3v) is 4.41. The number of carbonyl (C=O) groups is 1. The van der Waals surface area contributed by atoms with Crippen molar-refractivity contribution in [3.05, 3.63) is 41.4 Å². The Labute approximate surface area is 138 Å². The molecule has 8 nitrogen and oxygen atoms in total. The molecular formula is C16H19N7O. The quantitative estimate of drug-likeness (QED) is 0.776. The maximum absolute atomic E-state index is 13.1. The lowest BCUT2D eigenvalue weighted by Gasteiger charge is -2.33. The molecule has 4 rings (SSSR count). The molecule has 0 unspecified atom stereocenters. The molecule has 1 N–H and O–H groups in total. The highest BCUT2D eigenvalue weighted by Crippen LogP contribution is 2.30. The normalized spacial score (nSPS) is 18.2. The van der Waals surface area contributed by atoms with Gasteiger partial charge in [0.05, 0.1) is 12.2 Å². The highest BCUT2D eigenvalue weighted by Gasteiger charge is 2.32. The van der Waals surface area contributed by atoms with E-state index in [0.29, 0.717) is 23.6 Å². The first-order valence-electron chi connectivity index (χ1n) is 8.14.